The smallest absolute Gasteiger partial charge is 0.432 e. The van der Waals surface area contributed by atoms with E-state index in [9.17, 15) is 45.8 Å². The van der Waals surface area contributed by atoms with Crippen molar-refractivity contribution in [2.75, 3.05) is 27.4 Å². The summed E-state index contributed by atoms with van der Waals surface area (Å²) in [6, 6.07) is 13.1. The van der Waals surface area contributed by atoms with Gasteiger partial charge in [-0.3, -0.25) is 4.79 Å². The van der Waals surface area contributed by atoms with Crippen LogP contribution in [-0.2, 0) is 44.5 Å². The lowest BCUT2D eigenvalue weighted by atomic mass is 9.88. The number of hydrogen-bond donors (Lipinski definition) is 1. The lowest BCUT2D eigenvalue weighted by Crippen LogP contribution is -2.52. The van der Waals surface area contributed by atoms with E-state index < -0.39 is 59.2 Å². The van der Waals surface area contributed by atoms with E-state index in [-0.39, 0.29) is 42.6 Å². The molecule has 304 valence electrons. The van der Waals surface area contributed by atoms with Crippen molar-refractivity contribution >= 4 is 17.7 Å². The van der Waals surface area contributed by atoms with Gasteiger partial charge in [0.2, 0.25) is 0 Å². The van der Waals surface area contributed by atoms with Gasteiger partial charge < -0.3 is 24.1 Å². The Labute approximate surface area is 313 Å². The highest BCUT2D eigenvalue weighted by Crippen LogP contribution is 2.44. The van der Waals surface area contributed by atoms with Crippen LogP contribution < -0.4 is 0 Å². The molecule has 1 N–H and O–H groups in total. The van der Waals surface area contributed by atoms with Gasteiger partial charge in [0.1, 0.15) is 5.78 Å². The maximum Gasteiger partial charge on any atom is 0.432 e. The quantitative estimate of drug-likeness (QED) is 0.0881. The highest BCUT2D eigenvalue weighted by Gasteiger charge is 2.65. The number of hydrogen-bond acceptors (Lipinski definition) is 8. The molecular formula is C40H54F6O8. The van der Waals surface area contributed by atoms with Gasteiger partial charge in [-0.25, -0.2) is 9.59 Å². The summed E-state index contributed by atoms with van der Waals surface area (Å²) >= 11 is 0. The van der Waals surface area contributed by atoms with Crippen molar-refractivity contribution in [3.8, 4) is 0 Å². The molecule has 0 spiro atoms. The number of benzene rings is 2. The molecule has 8 nitrogen and oxygen atoms in total. The van der Waals surface area contributed by atoms with E-state index in [4.69, 9.17) is 18.9 Å². The number of carbonyl (C=O) groups is 3. The molecule has 14 heteroatoms. The van der Waals surface area contributed by atoms with Crippen LogP contribution in [0.4, 0.5) is 26.3 Å². The molecule has 0 aliphatic carbocycles. The molecule has 2 rings (SSSR count). The van der Waals surface area contributed by atoms with Gasteiger partial charge in [0.25, 0.3) is 11.2 Å². The van der Waals surface area contributed by atoms with Crippen LogP contribution in [0, 0.1) is 17.8 Å². The lowest BCUT2D eigenvalue weighted by Gasteiger charge is -2.32. The summed E-state index contributed by atoms with van der Waals surface area (Å²) in [5.41, 5.74) is -8.34. The van der Waals surface area contributed by atoms with Gasteiger partial charge >= 0.3 is 24.3 Å². The first-order valence-corrected chi connectivity index (χ1v) is 18.1. The molecule has 0 aliphatic heterocycles. The number of ether oxygens (including phenoxy) is 4. The van der Waals surface area contributed by atoms with Gasteiger partial charge in [0.05, 0.1) is 18.8 Å². The molecule has 4 unspecified atom stereocenters. The minimum atomic E-state index is -5.09. The number of ketones is 1. The van der Waals surface area contributed by atoms with E-state index >= 15 is 0 Å². The molecule has 2 aromatic carbocycles. The van der Waals surface area contributed by atoms with Crippen molar-refractivity contribution in [1.29, 1.82) is 0 Å². The molecule has 54 heavy (non-hydrogen) atoms. The Balaban J connectivity index is 1.72. The summed E-state index contributed by atoms with van der Waals surface area (Å²) < 4.78 is 104. The van der Waals surface area contributed by atoms with Crippen molar-refractivity contribution in [3.63, 3.8) is 0 Å². The van der Waals surface area contributed by atoms with Crippen molar-refractivity contribution in [2.24, 2.45) is 17.8 Å². The highest BCUT2D eigenvalue weighted by atomic mass is 19.4. The minimum Gasteiger partial charge on any atom is -0.463 e. The molecule has 0 bridgehead atoms. The largest absolute Gasteiger partial charge is 0.463 e. The third-order valence-electron chi connectivity index (χ3n) is 9.89. The number of carbonyl (C=O) groups excluding carboxylic acids is 3. The standard InChI is InChI=1S/C40H54F6O8/c1-28(21-22-33(47)30(3)23-26-53-34(48)37(51-5,39(41,42)43)31-17-9-7-10-18-31)15-13-24-36(4,50)25-14-16-29(2)27-54-35(49)38(52-6,40(44,45)46)32-19-11-8-12-20-32/h7-12,17-20,28-30,50H,13-16,21-27H2,1-6H3/t28-,29?,30?,36-,37?,38?/m0/s1. The van der Waals surface area contributed by atoms with E-state index in [2.05, 4.69) is 0 Å². The molecule has 2 aromatic rings. The first-order chi connectivity index (χ1) is 25.2. The number of esters is 2. The molecule has 0 heterocycles. The maximum absolute atomic E-state index is 14.1. The zero-order chi connectivity index (χ0) is 40.8. The first-order valence-electron chi connectivity index (χ1n) is 18.1. The highest BCUT2D eigenvalue weighted by molar-refractivity contribution is 5.83. The molecule has 0 aromatic heterocycles. The topological polar surface area (TPSA) is 108 Å². The molecule has 0 aliphatic rings. The summed E-state index contributed by atoms with van der Waals surface area (Å²) in [6.07, 6.45) is -5.92. The fourth-order valence-electron chi connectivity index (χ4n) is 6.34. The Hall–Kier alpha value is -3.49. The minimum absolute atomic E-state index is 0.0461. The van der Waals surface area contributed by atoms with Gasteiger partial charge in [0, 0.05) is 37.7 Å². The van der Waals surface area contributed by atoms with E-state index in [0.29, 0.717) is 38.5 Å². The van der Waals surface area contributed by atoms with Crippen molar-refractivity contribution < 1.29 is 64.8 Å². The fourth-order valence-corrected chi connectivity index (χ4v) is 6.34. The molecule has 0 saturated heterocycles. The molecule has 0 radical (unpaired) electrons. The molecule has 6 atom stereocenters. The van der Waals surface area contributed by atoms with E-state index in [1.165, 1.54) is 36.4 Å². The molecule has 0 amide bonds. The van der Waals surface area contributed by atoms with Gasteiger partial charge in [-0.15, -0.1) is 0 Å². The Morgan fingerprint density at radius 2 is 1.07 bits per heavy atom. The number of Topliss-reactive ketones (excluding diaryl/α,β-unsaturated/α-hetero) is 1. The third-order valence-corrected chi connectivity index (χ3v) is 9.89. The molecular weight excluding hydrogens is 722 g/mol. The number of aliphatic hydroxyl groups is 1. The summed E-state index contributed by atoms with van der Waals surface area (Å²) in [6.45, 7) is 6.42. The van der Waals surface area contributed by atoms with Crippen LogP contribution in [0.25, 0.3) is 0 Å². The molecule has 0 saturated carbocycles. The van der Waals surface area contributed by atoms with Crippen LogP contribution in [-0.4, -0.2) is 68.2 Å². The van der Waals surface area contributed by atoms with E-state index in [1.54, 1.807) is 20.8 Å². The zero-order valence-corrected chi connectivity index (χ0v) is 31.9. The van der Waals surface area contributed by atoms with Crippen molar-refractivity contribution in [3.05, 3.63) is 71.8 Å². The zero-order valence-electron chi connectivity index (χ0n) is 31.9. The van der Waals surface area contributed by atoms with Crippen molar-refractivity contribution in [2.45, 2.75) is 115 Å². The Kier molecular flexibility index (Phi) is 17.7. The average molecular weight is 777 g/mol. The summed E-state index contributed by atoms with van der Waals surface area (Å²) in [4.78, 5) is 38.2. The average Bonchev–Trinajstić information content (AvgIpc) is 3.10. The second-order valence-corrected chi connectivity index (χ2v) is 14.4. The van der Waals surface area contributed by atoms with Gasteiger partial charge in [-0.2, -0.15) is 26.3 Å². The summed E-state index contributed by atoms with van der Waals surface area (Å²) in [5.74, 6) is -3.93. The molecule has 0 fully saturated rings. The van der Waals surface area contributed by atoms with E-state index in [1.807, 2.05) is 6.92 Å². The van der Waals surface area contributed by atoms with Crippen LogP contribution >= 0.6 is 0 Å². The van der Waals surface area contributed by atoms with Crippen LogP contribution in [0.5, 0.6) is 0 Å². The van der Waals surface area contributed by atoms with Crippen molar-refractivity contribution in [1.82, 2.24) is 0 Å². The fraction of sp³-hybridized carbons (Fsp3) is 0.625. The number of methoxy groups -OCH3 is 2. The number of alkyl halides is 6. The second kappa shape index (κ2) is 20.4. The predicted molar refractivity (Wildman–Crippen MR) is 189 cm³/mol. The Bertz CT molecular complexity index is 1450. The second-order valence-electron chi connectivity index (χ2n) is 14.4. The van der Waals surface area contributed by atoms with E-state index in [0.717, 1.165) is 44.9 Å². The van der Waals surface area contributed by atoms with Gasteiger partial charge in [-0.05, 0) is 50.9 Å². The summed E-state index contributed by atoms with van der Waals surface area (Å²) in [5, 5.41) is 10.9. The first kappa shape index (κ1) is 46.7. The predicted octanol–water partition coefficient (Wildman–Crippen LogP) is 9.02. The maximum atomic E-state index is 14.1. The number of rotatable bonds is 23. The summed E-state index contributed by atoms with van der Waals surface area (Å²) in [7, 11) is 1.60. The van der Waals surface area contributed by atoms with Gasteiger partial charge in [0.15, 0.2) is 0 Å². The van der Waals surface area contributed by atoms with Crippen LogP contribution in [0.15, 0.2) is 60.7 Å². The van der Waals surface area contributed by atoms with Gasteiger partial charge in [-0.1, -0.05) is 101 Å². The monoisotopic (exact) mass is 776 g/mol. The third kappa shape index (κ3) is 12.3. The number of halogens is 6. The Morgan fingerprint density at radius 3 is 1.50 bits per heavy atom. The van der Waals surface area contributed by atoms with Crippen LogP contribution in [0.2, 0.25) is 0 Å². The SMILES string of the molecule is COC(C(=O)OCCC(C)C(=O)CC[C@@H](C)CCC[C@](C)(O)CCCC(C)COC(=O)C(OC)(c1ccccc1)C(F)(F)F)(c1ccccc1)C(F)(F)F. The van der Waals surface area contributed by atoms with Crippen LogP contribution in [0.3, 0.4) is 0 Å². The lowest BCUT2D eigenvalue weighted by molar-refractivity contribution is -0.277. The Morgan fingerprint density at radius 1 is 0.648 bits per heavy atom. The normalized spacial score (nSPS) is 17.3. The van der Waals surface area contributed by atoms with Crippen LogP contribution in [0.1, 0.15) is 96.6 Å².